The first kappa shape index (κ1) is 17.0. The van der Waals surface area contributed by atoms with Gasteiger partial charge in [-0.25, -0.2) is 4.39 Å². The number of ketones is 1. The van der Waals surface area contributed by atoms with Crippen molar-refractivity contribution in [1.82, 2.24) is 4.98 Å². The average Bonchev–Trinajstić information content (AvgIpc) is 2.50. The Hall–Kier alpha value is -2.32. The van der Waals surface area contributed by atoms with Crippen LogP contribution in [0.15, 0.2) is 30.0 Å². The number of methoxy groups -OCH3 is 1. The van der Waals surface area contributed by atoms with E-state index in [0.29, 0.717) is 17.7 Å². The molecule has 0 bridgehead atoms. The van der Waals surface area contributed by atoms with Gasteiger partial charge in [0.2, 0.25) is 0 Å². The lowest BCUT2D eigenvalue weighted by Crippen LogP contribution is -2.43. The number of hydrogen-bond acceptors (Lipinski definition) is 4. The molecule has 0 N–H and O–H groups in total. The summed E-state index contributed by atoms with van der Waals surface area (Å²) in [7, 11) is 1.50. The van der Waals surface area contributed by atoms with E-state index in [1.165, 1.54) is 19.3 Å². The van der Waals surface area contributed by atoms with E-state index < -0.39 is 16.8 Å². The fourth-order valence-electron chi connectivity index (χ4n) is 3.03. The summed E-state index contributed by atoms with van der Waals surface area (Å²) in [6.45, 7) is 5.36. The van der Waals surface area contributed by atoms with Crippen molar-refractivity contribution in [2.45, 2.75) is 32.8 Å². The Morgan fingerprint density at radius 3 is 2.74 bits per heavy atom. The smallest absolute Gasteiger partial charge is 0.178 e. The van der Waals surface area contributed by atoms with E-state index in [1.807, 2.05) is 13.0 Å². The number of carbonyl (C=O) groups is 1. The molecule has 5 heteroatoms. The maximum absolute atomic E-state index is 13.6. The molecule has 120 valence electrons. The van der Waals surface area contributed by atoms with Gasteiger partial charge >= 0.3 is 0 Å². The SMILES string of the molecule is C/C=C/c1cc(F)cnc1C1(OC)C=C(C#N)C(=O)C(C)(C)C1. The number of allylic oxidation sites excluding steroid dienone is 2. The van der Waals surface area contributed by atoms with Gasteiger partial charge in [-0.1, -0.05) is 26.0 Å². The molecule has 1 aromatic rings. The summed E-state index contributed by atoms with van der Waals surface area (Å²) in [5, 5.41) is 9.30. The van der Waals surface area contributed by atoms with Crippen LogP contribution >= 0.6 is 0 Å². The monoisotopic (exact) mass is 314 g/mol. The summed E-state index contributed by atoms with van der Waals surface area (Å²) >= 11 is 0. The molecule has 0 saturated carbocycles. The summed E-state index contributed by atoms with van der Waals surface area (Å²) in [6, 6.07) is 3.31. The fourth-order valence-corrected chi connectivity index (χ4v) is 3.03. The van der Waals surface area contributed by atoms with Crippen molar-refractivity contribution in [2.24, 2.45) is 5.41 Å². The molecular formula is C18H19FN2O2. The van der Waals surface area contributed by atoms with E-state index in [1.54, 1.807) is 26.0 Å². The van der Waals surface area contributed by atoms with E-state index in [4.69, 9.17) is 4.74 Å². The highest BCUT2D eigenvalue weighted by atomic mass is 19.1. The normalized spacial score (nSPS) is 23.7. The number of aromatic nitrogens is 1. The first-order chi connectivity index (χ1) is 10.8. The van der Waals surface area contributed by atoms with E-state index >= 15 is 0 Å². The van der Waals surface area contributed by atoms with Crippen LogP contribution in [0.5, 0.6) is 0 Å². The van der Waals surface area contributed by atoms with Gasteiger partial charge in [0, 0.05) is 18.1 Å². The third-order valence-electron chi connectivity index (χ3n) is 4.06. The third-order valence-corrected chi connectivity index (χ3v) is 4.06. The molecule has 1 heterocycles. The van der Waals surface area contributed by atoms with E-state index in [-0.39, 0.29) is 11.4 Å². The largest absolute Gasteiger partial charge is 0.368 e. The molecular weight excluding hydrogens is 295 g/mol. The number of hydrogen-bond donors (Lipinski definition) is 0. The number of halogens is 1. The molecule has 1 aliphatic carbocycles. The highest BCUT2D eigenvalue weighted by Crippen LogP contribution is 2.45. The lowest BCUT2D eigenvalue weighted by molar-refractivity contribution is -0.128. The Labute approximate surface area is 135 Å². The second kappa shape index (κ2) is 6.05. The Morgan fingerprint density at radius 2 is 2.17 bits per heavy atom. The number of carbonyl (C=O) groups excluding carboxylic acids is 1. The van der Waals surface area contributed by atoms with Crippen molar-refractivity contribution in [3.05, 3.63) is 47.1 Å². The highest BCUT2D eigenvalue weighted by molar-refractivity contribution is 6.04. The molecule has 1 aromatic heterocycles. The van der Waals surface area contributed by atoms with Crippen LogP contribution in [-0.2, 0) is 15.1 Å². The molecule has 23 heavy (non-hydrogen) atoms. The van der Waals surface area contributed by atoms with Crippen molar-refractivity contribution >= 4 is 11.9 Å². The second-order valence-corrected chi connectivity index (χ2v) is 6.24. The van der Waals surface area contributed by atoms with Crippen molar-refractivity contribution in [3.8, 4) is 6.07 Å². The number of rotatable bonds is 3. The summed E-state index contributed by atoms with van der Waals surface area (Å²) < 4.78 is 19.3. The summed E-state index contributed by atoms with van der Waals surface area (Å²) in [6.07, 6.45) is 6.46. The topological polar surface area (TPSA) is 63.0 Å². The number of Topliss-reactive ketones (excluding diaryl/α,β-unsaturated/α-hetero) is 1. The minimum absolute atomic E-state index is 0.0423. The molecule has 1 atom stereocenters. The zero-order valence-electron chi connectivity index (χ0n) is 13.7. The summed E-state index contributed by atoms with van der Waals surface area (Å²) in [5.41, 5.74) is -0.731. The van der Waals surface area contributed by atoms with Crippen LogP contribution in [-0.4, -0.2) is 17.9 Å². The Bertz CT molecular complexity index is 744. The first-order valence-electron chi connectivity index (χ1n) is 7.31. The molecule has 2 rings (SSSR count). The first-order valence-corrected chi connectivity index (χ1v) is 7.31. The van der Waals surface area contributed by atoms with E-state index in [2.05, 4.69) is 4.98 Å². The molecule has 0 spiro atoms. The van der Waals surface area contributed by atoms with Crippen molar-refractivity contribution in [2.75, 3.05) is 7.11 Å². The van der Waals surface area contributed by atoms with Gasteiger partial charge in [-0.15, -0.1) is 0 Å². The molecule has 1 unspecified atom stereocenters. The summed E-state index contributed by atoms with van der Waals surface area (Å²) in [5.74, 6) is -0.675. The van der Waals surface area contributed by atoms with Crippen LogP contribution in [0.1, 0.15) is 38.4 Å². The van der Waals surface area contributed by atoms with Gasteiger partial charge in [0.05, 0.1) is 17.5 Å². The fraction of sp³-hybridized carbons (Fsp3) is 0.389. The zero-order valence-corrected chi connectivity index (χ0v) is 13.7. The van der Waals surface area contributed by atoms with Gasteiger partial charge in [0.1, 0.15) is 17.5 Å². The van der Waals surface area contributed by atoms with Crippen LogP contribution in [0.2, 0.25) is 0 Å². The summed E-state index contributed by atoms with van der Waals surface area (Å²) in [4.78, 5) is 16.5. The van der Waals surface area contributed by atoms with Crippen LogP contribution in [0.3, 0.4) is 0 Å². The Balaban J connectivity index is 2.75. The lowest BCUT2D eigenvalue weighted by atomic mass is 9.68. The number of nitrogens with zero attached hydrogens (tertiary/aromatic N) is 2. The van der Waals surface area contributed by atoms with Crippen LogP contribution in [0.25, 0.3) is 6.08 Å². The minimum Gasteiger partial charge on any atom is -0.368 e. The standard InChI is InChI=1S/C18H19FN2O2/c1-5-6-12-7-14(19)10-21-15(12)18(23-4)8-13(9-20)16(22)17(2,3)11-18/h5-8,10H,11H2,1-4H3/b6-5+. The lowest BCUT2D eigenvalue weighted by Gasteiger charge is -2.40. The van der Waals surface area contributed by atoms with Gasteiger partial charge in [-0.2, -0.15) is 5.26 Å². The predicted octanol–water partition coefficient (Wildman–Crippen LogP) is 3.54. The Kier molecular flexibility index (Phi) is 4.49. The molecule has 0 amide bonds. The van der Waals surface area contributed by atoms with Crippen molar-refractivity contribution < 1.29 is 13.9 Å². The quantitative estimate of drug-likeness (QED) is 0.856. The van der Waals surface area contributed by atoms with Crippen LogP contribution in [0.4, 0.5) is 4.39 Å². The van der Waals surface area contributed by atoms with Crippen molar-refractivity contribution in [1.29, 1.82) is 5.26 Å². The average molecular weight is 314 g/mol. The molecule has 0 aliphatic heterocycles. The van der Waals surface area contributed by atoms with Gasteiger partial charge in [-0.05, 0) is 25.5 Å². The maximum atomic E-state index is 13.6. The molecule has 0 saturated heterocycles. The van der Waals surface area contributed by atoms with Gasteiger partial charge in [0.15, 0.2) is 5.78 Å². The van der Waals surface area contributed by atoms with Gasteiger partial charge in [0.25, 0.3) is 0 Å². The third kappa shape index (κ3) is 2.95. The molecule has 0 radical (unpaired) electrons. The van der Waals surface area contributed by atoms with Crippen molar-refractivity contribution in [3.63, 3.8) is 0 Å². The second-order valence-electron chi connectivity index (χ2n) is 6.24. The number of nitriles is 1. The van der Waals surface area contributed by atoms with E-state index in [9.17, 15) is 14.4 Å². The molecule has 4 nitrogen and oxygen atoms in total. The minimum atomic E-state index is -1.05. The van der Waals surface area contributed by atoms with Gasteiger partial charge < -0.3 is 4.74 Å². The zero-order chi connectivity index (χ0) is 17.3. The molecule has 1 aliphatic rings. The number of ether oxygens (including phenoxy) is 1. The van der Waals surface area contributed by atoms with E-state index in [0.717, 1.165) is 6.20 Å². The molecule has 0 aromatic carbocycles. The predicted molar refractivity (Wildman–Crippen MR) is 84.7 cm³/mol. The van der Waals surface area contributed by atoms with Crippen LogP contribution in [0, 0.1) is 22.6 Å². The maximum Gasteiger partial charge on any atom is 0.178 e. The highest BCUT2D eigenvalue weighted by Gasteiger charge is 2.47. The van der Waals surface area contributed by atoms with Crippen LogP contribution < -0.4 is 0 Å². The van der Waals surface area contributed by atoms with Gasteiger partial charge in [-0.3, -0.25) is 9.78 Å². The number of pyridine rings is 1. The molecule has 0 fully saturated rings. The Morgan fingerprint density at radius 1 is 1.48 bits per heavy atom.